The number of benzene rings is 1. The molecule has 0 radical (unpaired) electrons. The van der Waals surface area contributed by atoms with Gasteiger partial charge in [-0.3, -0.25) is 0 Å². The standard InChI is InChI=1S/C25H33AsF3N5O2/c1-14(35)32-20-12-16(26-24(2,3)4)6-8-21(20)34-10-9-19(23(34)36)33-22-17-11-15(25(27,28)29)5-7-18(17)30-13-31-22/h5,7,11,13,16,19-21,26H,6,8-10,12H2,1-4H3,(H,32,35)(H,30,31,33)/t16-,19+,20-,21+/m1/s1. The number of carbonyl (C=O) groups excluding carboxylic acids is 2. The van der Waals surface area contributed by atoms with Gasteiger partial charge in [0.1, 0.15) is 0 Å². The molecular weight excluding hydrogens is 534 g/mol. The Bertz CT molecular complexity index is 1140. The molecule has 1 aromatic carbocycles. The van der Waals surface area contributed by atoms with Gasteiger partial charge in [-0.2, -0.15) is 13.2 Å². The third-order valence-electron chi connectivity index (χ3n) is 6.75. The molecule has 2 fully saturated rings. The molecule has 5 atom stereocenters. The van der Waals surface area contributed by atoms with Crippen LogP contribution in [-0.4, -0.2) is 67.1 Å². The molecule has 1 unspecified atom stereocenters. The van der Waals surface area contributed by atoms with Gasteiger partial charge >= 0.3 is 197 Å². The average molecular weight is 567 g/mol. The number of aromatic nitrogens is 2. The first-order valence-corrected chi connectivity index (χ1v) is 14.5. The Hall–Kier alpha value is -2.35. The predicted octanol–water partition coefficient (Wildman–Crippen LogP) is 4.16. The normalized spacial score (nSPS) is 25.6. The fraction of sp³-hybridized carbons (Fsp3) is 0.600. The number of nitrogens with zero attached hydrogens (tertiary/aromatic N) is 3. The topological polar surface area (TPSA) is 87.2 Å². The number of carbonyl (C=O) groups is 2. The van der Waals surface area contributed by atoms with Gasteiger partial charge in [0.15, 0.2) is 0 Å². The van der Waals surface area contributed by atoms with Crippen LogP contribution in [0.1, 0.15) is 58.9 Å². The fourth-order valence-electron chi connectivity index (χ4n) is 5.37. The van der Waals surface area contributed by atoms with E-state index in [0.717, 1.165) is 31.4 Å². The summed E-state index contributed by atoms with van der Waals surface area (Å²) in [5.74, 6) is -0.000896. The molecule has 1 aliphatic heterocycles. The Morgan fingerprint density at radius 1 is 1.14 bits per heavy atom. The molecule has 11 heteroatoms. The molecule has 7 nitrogen and oxygen atoms in total. The van der Waals surface area contributed by atoms with Crippen molar-refractivity contribution in [1.82, 2.24) is 20.2 Å². The number of alkyl halides is 3. The van der Waals surface area contributed by atoms with Crippen molar-refractivity contribution in [3.8, 4) is 0 Å². The van der Waals surface area contributed by atoms with Gasteiger partial charge in [-0.25, -0.2) is 0 Å². The van der Waals surface area contributed by atoms with E-state index in [1.54, 1.807) is 0 Å². The summed E-state index contributed by atoms with van der Waals surface area (Å²) >= 11 is -0.223. The maximum absolute atomic E-state index is 13.4. The van der Waals surface area contributed by atoms with Crippen molar-refractivity contribution in [2.75, 3.05) is 11.9 Å². The van der Waals surface area contributed by atoms with Crippen LogP contribution in [0, 0.1) is 0 Å². The predicted molar refractivity (Wildman–Crippen MR) is 134 cm³/mol. The van der Waals surface area contributed by atoms with Gasteiger partial charge in [0, 0.05) is 0 Å². The third kappa shape index (κ3) is 6.13. The van der Waals surface area contributed by atoms with Crippen LogP contribution in [0.25, 0.3) is 10.9 Å². The number of rotatable bonds is 5. The molecule has 36 heavy (non-hydrogen) atoms. The number of hydrogen-bond donors (Lipinski definition) is 2. The van der Waals surface area contributed by atoms with Crippen molar-refractivity contribution in [2.24, 2.45) is 0 Å². The monoisotopic (exact) mass is 567 g/mol. The van der Waals surface area contributed by atoms with Gasteiger partial charge in [-0.1, -0.05) is 0 Å². The zero-order valence-electron chi connectivity index (χ0n) is 20.9. The molecule has 196 valence electrons. The number of amides is 2. The van der Waals surface area contributed by atoms with Crippen LogP contribution >= 0.6 is 0 Å². The molecule has 2 N–H and O–H groups in total. The van der Waals surface area contributed by atoms with Crippen LogP contribution in [0.15, 0.2) is 24.5 Å². The number of nitrogens with one attached hydrogen (secondary N) is 2. The molecule has 1 aromatic heterocycles. The maximum atomic E-state index is 13.4. The van der Waals surface area contributed by atoms with Gasteiger partial charge in [0.2, 0.25) is 0 Å². The summed E-state index contributed by atoms with van der Waals surface area (Å²) in [4.78, 5) is 35.5. The van der Waals surface area contributed by atoms with Crippen LogP contribution in [0.4, 0.5) is 19.0 Å². The second kappa shape index (κ2) is 10.2. The Kier molecular flexibility index (Phi) is 7.56. The molecule has 2 aliphatic rings. The Morgan fingerprint density at radius 3 is 2.56 bits per heavy atom. The number of halogens is 3. The first kappa shape index (κ1) is 26.7. The average Bonchev–Trinajstić information content (AvgIpc) is 3.11. The van der Waals surface area contributed by atoms with Crippen LogP contribution in [-0.2, 0) is 15.8 Å². The molecule has 0 bridgehead atoms. The summed E-state index contributed by atoms with van der Waals surface area (Å²) in [5.41, 5.74) is -0.421. The van der Waals surface area contributed by atoms with E-state index in [1.165, 1.54) is 19.3 Å². The summed E-state index contributed by atoms with van der Waals surface area (Å²) in [6.07, 6.45) is 0.0398. The van der Waals surface area contributed by atoms with Gasteiger partial charge in [-0.15, -0.1) is 0 Å². The van der Waals surface area contributed by atoms with E-state index in [0.29, 0.717) is 27.4 Å². The van der Waals surface area contributed by atoms with Gasteiger partial charge in [0.05, 0.1) is 0 Å². The molecule has 2 heterocycles. The van der Waals surface area contributed by atoms with Gasteiger partial charge in [-0.05, 0) is 6.07 Å². The minimum atomic E-state index is -4.49. The number of fused-ring (bicyclic) bond motifs is 1. The van der Waals surface area contributed by atoms with Crippen molar-refractivity contribution in [3.63, 3.8) is 0 Å². The van der Waals surface area contributed by atoms with Crippen LogP contribution in [0.3, 0.4) is 0 Å². The summed E-state index contributed by atoms with van der Waals surface area (Å²) in [6, 6.07) is 2.53. The fourth-order valence-corrected chi connectivity index (χ4v) is 9.37. The van der Waals surface area contributed by atoms with Crippen molar-refractivity contribution in [2.45, 2.75) is 86.6 Å². The number of hydrogen-bond acceptors (Lipinski definition) is 5. The Morgan fingerprint density at radius 2 is 1.89 bits per heavy atom. The molecular formula is C25H33AsF3N5O2. The SMILES string of the molecule is CC(=O)N[C@@H]1C[C@H]([AsH]C(C)(C)C)CC[C@@H]1N1CC[C@H](Nc2ncnc3ccc(C(F)(F)F)cc23)C1=O. The van der Waals surface area contributed by atoms with Crippen molar-refractivity contribution >= 4 is 44.3 Å². The number of anilines is 1. The second-order valence-corrected chi connectivity index (χ2v) is 16.2. The van der Waals surface area contributed by atoms with Crippen LogP contribution < -0.4 is 10.6 Å². The molecule has 1 aliphatic carbocycles. The summed E-state index contributed by atoms with van der Waals surface area (Å²) in [5, 5.41) is 6.40. The van der Waals surface area contributed by atoms with E-state index in [2.05, 4.69) is 41.4 Å². The first-order chi connectivity index (χ1) is 16.8. The first-order valence-electron chi connectivity index (χ1n) is 12.3. The zero-order valence-corrected chi connectivity index (χ0v) is 23.0. The quantitative estimate of drug-likeness (QED) is 0.530. The summed E-state index contributed by atoms with van der Waals surface area (Å²) in [6.45, 7) is 8.82. The number of likely N-dealkylation sites (tertiary alicyclic amines) is 1. The van der Waals surface area contributed by atoms with E-state index < -0.39 is 17.8 Å². The van der Waals surface area contributed by atoms with Crippen LogP contribution in [0.2, 0.25) is 8.91 Å². The Balaban J connectivity index is 1.51. The van der Waals surface area contributed by atoms with Crippen molar-refractivity contribution in [3.05, 3.63) is 30.1 Å². The van der Waals surface area contributed by atoms with Gasteiger partial charge < -0.3 is 0 Å². The summed E-state index contributed by atoms with van der Waals surface area (Å²) < 4.78 is 40.7. The third-order valence-corrected chi connectivity index (χ3v) is 10.5. The second-order valence-electron chi connectivity index (χ2n) is 10.7. The van der Waals surface area contributed by atoms with E-state index in [9.17, 15) is 22.8 Å². The van der Waals surface area contributed by atoms with Crippen molar-refractivity contribution in [1.29, 1.82) is 0 Å². The Labute approximate surface area is 215 Å². The van der Waals surface area contributed by atoms with Gasteiger partial charge in [0.25, 0.3) is 0 Å². The molecule has 1 saturated carbocycles. The molecule has 0 spiro atoms. The minimum absolute atomic E-state index is 0.0880. The van der Waals surface area contributed by atoms with E-state index in [4.69, 9.17) is 0 Å². The van der Waals surface area contributed by atoms with Crippen LogP contribution in [0.5, 0.6) is 0 Å². The molecule has 4 rings (SSSR count). The molecule has 2 amide bonds. The molecule has 2 aromatic rings. The van der Waals surface area contributed by atoms with E-state index in [-0.39, 0.29) is 50.9 Å². The van der Waals surface area contributed by atoms with E-state index in [1.807, 2.05) is 4.90 Å². The van der Waals surface area contributed by atoms with E-state index >= 15 is 0 Å². The van der Waals surface area contributed by atoms with Crippen molar-refractivity contribution < 1.29 is 22.8 Å². The zero-order chi connectivity index (χ0) is 26.3. The summed E-state index contributed by atoms with van der Waals surface area (Å²) in [7, 11) is 0. The molecule has 1 saturated heterocycles.